The van der Waals surface area contributed by atoms with Crippen molar-refractivity contribution in [3.8, 4) is 18.0 Å². The fourth-order valence-electron chi connectivity index (χ4n) is 0.370. The van der Waals surface area contributed by atoms with Crippen molar-refractivity contribution in [2.75, 3.05) is 0 Å². The number of nitrogens with zero attached hydrogens (tertiary/aromatic N) is 3. The van der Waals surface area contributed by atoms with Gasteiger partial charge in [0, 0.05) is 0 Å². The molecule has 1 aromatic heterocycles. The highest BCUT2D eigenvalue weighted by atomic mass is 79.9. The summed E-state index contributed by atoms with van der Waals surface area (Å²) in [6.45, 7) is 0. The summed E-state index contributed by atoms with van der Waals surface area (Å²) < 4.78 is 4.31. The van der Waals surface area contributed by atoms with Crippen LogP contribution in [0.2, 0.25) is 0 Å². The lowest BCUT2D eigenvalue weighted by atomic mass is 10.9. The fourth-order valence-corrected chi connectivity index (χ4v) is 0.515. The Balaban J connectivity index is 3.06. The van der Waals surface area contributed by atoms with Crippen molar-refractivity contribution in [1.82, 2.24) is 15.0 Å². The third kappa shape index (κ3) is 1.44. The van der Waals surface area contributed by atoms with Gasteiger partial charge in [-0.2, -0.15) is 0 Å². The van der Waals surface area contributed by atoms with E-state index in [4.69, 9.17) is 10.2 Å². The molecule has 0 aliphatic rings. The van der Waals surface area contributed by atoms with Gasteiger partial charge >= 0.3 is 18.0 Å². The van der Waals surface area contributed by atoms with Crippen molar-refractivity contribution in [3.63, 3.8) is 0 Å². The lowest BCUT2D eigenvalue weighted by Gasteiger charge is -1.93. The van der Waals surface area contributed by atoms with E-state index in [-0.39, 0.29) is 6.01 Å². The Morgan fingerprint density at radius 3 is 2.00 bits per heavy atom. The highest BCUT2D eigenvalue weighted by Gasteiger charge is 2.02. The van der Waals surface area contributed by atoms with Crippen molar-refractivity contribution in [3.05, 3.63) is 0 Å². The van der Waals surface area contributed by atoms with Crippen LogP contribution in [0.15, 0.2) is 0 Å². The number of rotatable bonds is 1. The largest absolute Gasteiger partial charge is 0.479 e. The van der Waals surface area contributed by atoms with Gasteiger partial charge in [0.2, 0.25) is 0 Å². The lowest BCUT2D eigenvalue weighted by molar-refractivity contribution is 0.370. The van der Waals surface area contributed by atoms with Gasteiger partial charge in [-0.15, -0.1) is 15.0 Å². The molecule has 1 rings (SSSR count). The zero-order valence-corrected chi connectivity index (χ0v) is 6.11. The van der Waals surface area contributed by atoms with Crippen molar-refractivity contribution in [2.24, 2.45) is 0 Å². The minimum absolute atomic E-state index is 0.204. The van der Waals surface area contributed by atoms with E-state index in [0.717, 1.165) is 0 Å². The van der Waals surface area contributed by atoms with Crippen molar-refractivity contribution >= 4 is 16.3 Å². The maximum Gasteiger partial charge on any atom is 0.337 e. The maximum atomic E-state index is 8.60. The quantitative estimate of drug-likeness (QED) is 0.673. The van der Waals surface area contributed by atoms with Gasteiger partial charge in [-0.05, 0) is 0 Å². The van der Waals surface area contributed by atoms with Gasteiger partial charge in [-0.3, -0.25) is 0 Å². The van der Waals surface area contributed by atoms with Gasteiger partial charge in [0.1, 0.15) is 0 Å². The van der Waals surface area contributed by atoms with Crippen molar-refractivity contribution in [2.45, 2.75) is 0 Å². The molecule has 7 heteroatoms. The van der Waals surface area contributed by atoms with Gasteiger partial charge in [0.05, 0.1) is 0 Å². The molecule has 1 heterocycles. The summed E-state index contributed by atoms with van der Waals surface area (Å²) >= 11 is 2.55. The smallest absolute Gasteiger partial charge is 0.337 e. The molecule has 0 radical (unpaired) electrons. The number of hydrogen-bond donors (Lipinski definition) is 2. The van der Waals surface area contributed by atoms with Crippen LogP contribution in [0.25, 0.3) is 0 Å². The molecule has 0 aromatic carbocycles. The summed E-state index contributed by atoms with van der Waals surface area (Å²) in [4.78, 5) is 9.58. The van der Waals surface area contributed by atoms with E-state index in [1.54, 1.807) is 0 Å². The molecule has 0 fully saturated rings. The first-order valence-electron chi connectivity index (χ1n) is 2.15. The molecule has 0 atom stereocenters. The fraction of sp³-hybridized carbons (Fsp3) is 0. The lowest BCUT2D eigenvalue weighted by Crippen LogP contribution is -1.89. The van der Waals surface area contributed by atoms with Gasteiger partial charge in [-0.1, -0.05) is 0 Å². The summed E-state index contributed by atoms with van der Waals surface area (Å²) in [6.07, 6.45) is 0. The van der Waals surface area contributed by atoms with Crippen LogP contribution in [0.5, 0.6) is 18.0 Å². The highest BCUT2D eigenvalue weighted by molar-refractivity contribution is 9.06. The zero-order chi connectivity index (χ0) is 7.56. The Labute approximate surface area is 64.0 Å². The number of halogens is 1. The van der Waals surface area contributed by atoms with Crippen LogP contribution in [0.1, 0.15) is 0 Å². The van der Waals surface area contributed by atoms with Crippen LogP contribution in [0.4, 0.5) is 0 Å². The predicted molar refractivity (Wildman–Crippen MR) is 32.7 cm³/mol. The molecular weight excluding hydrogens is 206 g/mol. The third-order valence-corrected chi connectivity index (χ3v) is 0.950. The molecule has 10 heavy (non-hydrogen) atoms. The van der Waals surface area contributed by atoms with E-state index < -0.39 is 12.0 Å². The van der Waals surface area contributed by atoms with Crippen LogP contribution in [0, 0.1) is 0 Å². The molecule has 0 aliphatic carbocycles. The SMILES string of the molecule is Oc1nc(O)nc(OBr)n1. The van der Waals surface area contributed by atoms with Crippen molar-refractivity contribution < 1.29 is 14.0 Å². The Morgan fingerprint density at radius 1 is 1.10 bits per heavy atom. The van der Waals surface area contributed by atoms with E-state index in [9.17, 15) is 0 Å². The Kier molecular flexibility index (Phi) is 1.86. The van der Waals surface area contributed by atoms with Crippen LogP contribution in [0.3, 0.4) is 0 Å². The second kappa shape index (κ2) is 2.65. The zero-order valence-electron chi connectivity index (χ0n) is 4.52. The molecule has 0 saturated carbocycles. The number of hydrogen-bond acceptors (Lipinski definition) is 6. The molecule has 1 aromatic rings. The van der Waals surface area contributed by atoms with Crippen LogP contribution < -0.4 is 3.83 Å². The molecule has 0 unspecified atom stereocenters. The van der Waals surface area contributed by atoms with Gasteiger partial charge < -0.3 is 14.0 Å². The van der Waals surface area contributed by atoms with E-state index in [2.05, 4.69) is 35.0 Å². The second-order valence-electron chi connectivity index (χ2n) is 1.30. The van der Waals surface area contributed by atoms with E-state index in [0.29, 0.717) is 0 Å². The normalized spacial score (nSPS) is 9.30. The third-order valence-electron chi connectivity index (χ3n) is 0.660. The molecule has 2 N–H and O–H groups in total. The van der Waals surface area contributed by atoms with E-state index in [1.807, 2.05) is 0 Å². The number of aromatic nitrogens is 3. The molecule has 6 nitrogen and oxygen atoms in total. The van der Waals surface area contributed by atoms with Gasteiger partial charge in [0.15, 0.2) is 16.3 Å². The first-order valence-corrected chi connectivity index (χ1v) is 2.79. The van der Waals surface area contributed by atoms with Gasteiger partial charge in [0.25, 0.3) is 0 Å². The van der Waals surface area contributed by atoms with E-state index >= 15 is 0 Å². The molecule has 0 spiro atoms. The summed E-state index contributed by atoms with van der Waals surface area (Å²) in [5.41, 5.74) is 0. The topological polar surface area (TPSA) is 88.4 Å². The minimum Gasteiger partial charge on any atom is -0.479 e. The number of aromatic hydroxyl groups is 2. The highest BCUT2D eigenvalue weighted by Crippen LogP contribution is 2.12. The minimum atomic E-state index is -0.595. The average molecular weight is 208 g/mol. The Hall–Kier alpha value is -1.11. The molecule has 54 valence electrons. The summed E-state index contributed by atoms with van der Waals surface area (Å²) in [5, 5.41) is 17.2. The molecule has 0 saturated heterocycles. The average Bonchev–Trinajstić information content (AvgIpc) is 1.85. The predicted octanol–water partition coefficient (Wildman–Crippen LogP) is -0.0285. The molecule has 0 aliphatic heterocycles. The second-order valence-corrected chi connectivity index (χ2v) is 1.62. The van der Waals surface area contributed by atoms with Gasteiger partial charge in [-0.25, -0.2) is 0 Å². The van der Waals surface area contributed by atoms with Crippen LogP contribution >= 0.6 is 16.3 Å². The first kappa shape index (κ1) is 7.00. The molecule has 0 bridgehead atoms. The summed E-state index contributed by atoms with van der Waals surface area (Å²) in [7, 11) is 0. The Bertz CT molecular complexity index is 222. The van der Waals surface area contributed by atoms with Crippen molar-refractivity contribution in [1.29, 1.82) is 0 Å². The standard InChI is InChI=1S/C3H2BrN3O3/c4-10-3-6-1(8)5-2(9)7-3/h(H2,5,6,7,8,9). The first-order chi connectivity index (χ1) is 4.72. The Morgan fingerprint density at radius 2 is 1.60 bits per heavy atom. The maximum absolute atomic E-state index is 8.60. The van der Waals surface area contributed by atoms with Crippen LogP contribution in [-0.4, -0.2) is 25.2 Å². The molecular formula is C3H2BrN3O3. The monoisotopic (exact) mass is 207 g/mol. The van der Waals surface area contributed by atoms with Crippen LogP contribution in [-0.2, 0) is 0 Å². The molecule has 0 amide bonds. The summed E-state index contributed by atoms with van der Waals surface area (Å²) in [5.74, 6) is 0. The van der Waals surface area contributed by atoms with E-state index in [1.165, 1.54) is 0 Å². The summed E-state index contributed by atoms with van der Waals surface area (Å²) in [6, 6.07) is -1.39.